The van der Waals surface area contributed by atoms with Crippen LogP contribution < -0.4 is 4.74 Å². The highest BCUT2D eigenvalue weighted by atomic mass is 79.9. The predicted molar refractivity (Wildman–Crippen MR) is 76.3 cm³/mol. The SMILES string of the molecule is Cc1ccc(Br)cc1OCc1cc(F)ccc1[N+](=O)[O-]. The molecule has 2 rings (SSSR count). The Morgan fingerprint density at radius 1 is 1.30 bits per heavy atom. The van der Waals surface area contributed by atoms with Crippen LogP contribution in [0.2, 0.25) is 0 Å². The number of nitrogens with zero attached hydrogens (tertiary/aromatic N) is 1. The molecule has 0 saturated heterocycles. The molecule has 20 heavy (non-hydrogen) atoms. The van der Waals surface area contributed by atoms with Crippen LogP contribution in [0.3, 0.4) is 0 Å². The normalized spacial score (nSPS) is 10.3. The highest BCUT2D eigenvalue weighted by molar-refractivity contribution is 9.10. The van der Waals surface area contributed by atoms with Gasteiger partial charge in [0.05, 0.1) is 10.5 Å². The second-order valence-electron chi connectivity index (χ2n) is 4.23. The van der Waals surface area contributed by atoms with Gasteiger partial charge in [0.2, 0.25) is 0 Å². The Bertz CT molecular complexity index is 661. The van der Waals surface area contributed by atoms with Crippen LogP contribution in [0.15, 0.2) is 40.9 Å². The number of ether oxygens (including phenoxy) is 1. The van der Waals surface area contributed by atoms with E-state index in [4.69, 9.17) is 4.74 Å². The van der Waals surface area contributed by atoms with E-state index in [1.807, 2.05) is 19.1 Å². The summed E-state index contributed by atoms with van der Waals surface area (Å²) in [5.74, 6) is 0.0677. The number of rotatable bonds is 4. The van der Waals surface area contributed by atoms with Gasteiger partial charge in [0, 0.05) is 10.5 Å². The first kappa shape index (κ1) is 14.5. The molecule has 2 aromatic rings. The van der Waals surface area contributed by atoms with Crippen LogP contribution in [0, 0.1) is 22.9 Å². The monoisotopic (exact) mass is 339 g/mol. The van der Waals surface area contributed by atoms with Crippen molar-refractivity contribution in [2.75, 3.05) is 0 Å². The maximum Gasteiger partial charge on any atom is 0.276 e. The van der Waals surface area contributed by atoms with Crippen molar-refractivity contribution in [1.29, 1.82) is 0 Å². The average molecular weight is 340 g/mol. The second-order valence-corrected chi connectivity index (χ2v) is 5.14. The van der Waals surface area contributed by atoms with Gasteiger partial charge in [-0.1, -0.05) is 22.0 Å². The lowest BCUT2D eigenvalue weighted by Gasteiger charge is -2.10. The summed E-state index contributed by atoms with van der Waals surface area (Å²) in [6.45, 7) is 1.80. The zero-order chi connectivity index (χ0) is 14.7. The third-order valence-electron chi connectivity index (χ3n) is 2.77. The third-order valence-corrected chi connectivity index (χ3v) is 3.26. The summed E-state index contributed by atoms with van der Waals surface area (Å²) in [5.41, 5.74) is 0.945. The summed E-state index contributed by atoms with van der Waals surface area (Å²) in [4.78, 5) is 10.3. The molecule has 2 aromatic carbocycles. The molecule has 0 fully saturated rings. The fourth-order valence-electron chi connectivity index (χ4n) is 1.73. The van der Waals surface area contributed by atoms with Gasteiger partial charge < -0.3 is 4.74 Å². The molecule has 0 radical (unpaired) electrons. The van der Waals surface area contributed by atoms with E-state index in [9.17, 15) is 14.5 Å². The number of hydrogen-bond acceptors (Lipinski definition) is 3. The summed E-state index contributed by atoms with van der Waals surface area (Å²) in [6.07, 6.45) is 0. The fourth-order valence-corrected chi connectivity index (χ4v) is 2.07. The zero-order valence-corrected chi connectivity index (χ0v) is 12.2. The number of halogens is 2. The van der Waals surface area contributed by atoms with E-state index < -0.39 is 10.7 Å². The van der Waals surface area contributed by atoms with Gasteiger partial charge in [-0.25, -0.2) is 4.39 Å². The van der Waals surface area contributed by atoms with Crippen LogP contribution in [0.4, 0.5) is 10.1 Å². The summed E-state index contributed by atoms with van der Waals surface area (Å²) in [5, 5.41) is 10.9. The molecular formula is C14H11BrFNO3. The minimum absolute atomic E-state index is 0.0641. The Kier molecular flexibility index (Phi) is 4.34. The number of nitro groups is 1. The Morgan fingerprint density at radius 2 is 2.05 bits per heavy atom. The van der Waals surface area contributed by atoms with Crippen LogP contribution in [0.25, 0.3) is 0 Å². The molecule has 4 nitrogen and oxygen atoms in total. The highest BCUT2D eigenvalue weighted by Gasteiger charge is 2.15. The van der Waals surface area contributed by atoms with E-state index in [-0.39, 0.29) is 17.9 Å². The molecule has 6 heteroatoms. The first-order valence-corrected chi connectivity index (χ1v) is 6.58. The summed E-state index contributed by atoms with van der Waals surface area (Å²) in [7, 11) is 0. The van der Waals surface area contributed by atoms with Crippen LogP contribution in [-0.2, 0) is 6.61 Å². The smallest absolute Gasteiger partial charge is 0.276 e. The van der Waals surface area contributed by atoms with Gasteiger partial charge in [-0.15, -0.1) is 0 Å². The highest BCUT2D eigenvalue weighted by Crippen LogP contribution is 2.26. The van der Waals surface area contributed by atoms with E-state index in [0.29, 0.717) is 5.75 Å². The van der Waals surface area contributed by atoms with Crippen molar-refractivity contribution >= 4 is 21.6 Å². The van der Waals surface area contributed by atoms with Crippen LogP contribution in [0.5, 0.6) is 5.75 Å². The summed E-state index contributed by atoms with van der Waals surface area (Å²) >= 11 is 3.32. The molecule has 0 aromatic heterocycles. The number of nitro benzene ring substituents is 1. The molecule has 0 N–H and O–H groups in total. The van der Waals surface area contributed by atoms with Crippen molar-refractivity contribution in [2.24, 2.45) is 0 Å². The predicted octanol–water partition coefficient (Wildman–Crippen LogP) is 4.38. The van der Waals surface area contributed by atoms with Crippen molar-refractivity contribution in [2.45, 2.75) is 13.5 Å². The first-order valence-electron chi connectivity index (χ1n) is 5.79. The van der Waals surface area contributed by atoms with Gasteiger partial charge >= 0.3 is 0 Å². The van der Waals surface area contributed by atoms with E-state index >= 15 is 0 Å². The fraction of sp³-hybridized carbons (Fsp3) is 0.143. The van der Waals surface area contributed by atoms with Crippen molar-refractivity contribution in [1.82, 2.24) is 0 Å². The Balaban J connectivity index is 2.24. The van der Waals surface area contributed by atoms with Gasteiger partial charge in [0.25, 0.3) is 5.69 Å². The third kappa shape index (κ3) is 3.33. The van der Waals surface area contributed by atoms with E-state index in [0.717, 1.165) is 28.2 Å². The van der Waals surface area contributed by atoms with Gasteiger partial charge in [-0.3, -0.25) is 10.1 Å². The van der Waals surface area contributed by atoms with Gasteiger partial charge in [0.15, 0.2) is 0 Å². The van der Waals surface area contributed by atoms with Crippen LogP contribution in [-0.4, -0.2) is 4.92 Å². The van der Waals surface area contributed by atoms with Crippen molar-refractivity contribution in [3.63, 3.8) is 0 Å². The van der Waals surface area contributed by atoms with Gasteiger partial charge in [-0.05, 0) is 36.8 Å². The molecule has 0 unspecified atom stereocenters. The van der Waals surface area contributed by atoms with Crippen molar-refractivity contribution in [3.8, 4) is 5.75 Å². The number of aryl methyl sites for hydroxylation is 1. The van der Waals surface area contributed by atoms with E-state index in [2.05, 4.69) is 15.9 Å². The van der Waals surface area contributed by atoms with Gasteiger partial charge in [0.1, 0.15) is 18.2 Å². The minimum atomic E-state index is -0.550. The largest absolute Gasteiger partial charge is 0.488 e. The molecule has 0 amide bonds. The molecule has 0 heterocycles. The summed E-state index contributed by atoms with van der Waals surface area (Å²) < 4.78 is 19.6. The molecular weight excluding hydrogens is 329 g/mol. The number of hydrogen-bond donors (Lipinski definition) is 0. The quantitative estimate of drug-likeness (QED) is 0.613. The van der Waals surface area contributed by atoms with Crippen molar-refractivity contribution < 1.29 is 14.1 Å². The number of benzene rings is 2. The van der Waals surface area contributed by atoms with E-state index in [1.165, 1.54) is 0 Å². The summed E-state index contributed by atoms with van der Waals surface area (Å²) in [6, 6.07) is 8.81. The first-order chi connectivity index (χ1) is 9.47. The Hall–Kier alpha value is -1.95. The molecule has 0 spiro atoms. The minimum Gasteiger partial charge on any atom is -0.488 e. The molecule has 0 bridgehead atoms. The standard InChI is InChI=1S/C14H11BrFNO3/c1-9-2-3-11(15)7-14(9)20-8-10-6-12(16)4-5-13(10)17(18)19/h2-7H,8H2,1H3. The molecule has 0 saturated carbocycles. The lowest BCUT2D eigenvalue weighted by Crippen LogP contribution is -2.02. The molecule has 0 aliphatic carbocycles. The van der Waals surface area contributed by atoms with Crippen LogP contribution in [0.1, 0.15) is 11.1 Å². The maximum atomic E-state index is 13.2. The zero-order valence-electron chi connectivity index (χ0n) is 10.6. The average Bonchev–Trinajstić information content (AvgIpc) is 2.39. The Labute approximate surface area is 123 Å². The Morgan fingerprint density at radius 3 is 2.75 bits per heavy atom. The molecule has 104 valence electrons. The van der Waals surface area contributed by atoms with E-state index in [1.54, 1.807) is 6.07 Å². The van der Waals surface area contributed by atoms with Crippen molar-refractivity contribution in [3.05, 3.63) is 67.9 Å². The lowest BCUT2D eigenvalue weighted by molar-refractivity contribution is -0.385. The lowest BCUT2D eigenvalue weighted by atomic mass is 10.2. The van der Waals surface area contributed by atoms with Crippen LogP contribution >= 0.6 is 15.9 Å². The molecule has 0 aliphatic heterocycles. The topological polar surface area (TPSA) is 52.4 Å². The molecule has 0 atom stereocenters. The maximum absolute atomic E-state index is 13.2. The van der Waals surface area contributed by atoms with Gasteiger partial charge in [-0.2, -0.15) is 0 Å². The second kappa shape index (κ2) is 6.00. The molecule has 0 aliphatic rings.